The maximum atomic E-state index is 12.6. The molecular formula is C22H21ClN2O4. The average Bonchev–Trinajstić information content (AvgIpc) is 2.72. The summed E-state index contributed by atoms with van der Waals surface area (Å²) in [6.45, 7) is 5.74. The molecule has 0 unspecified atom stereocenters. The largest absolute Gasteiger partial charge is 0.495 e. The minimum Gasteiger partial charge on any atom is -0.495 e. The summed E-state index contributed by atoms with van der Waals surface area (Å²) >= 11 is 6.09. The number of amides is 1. The van der Waals surface area contributed by atoms with Gasteiger partial charge < -0.3 is 19.5 Å². The summed E-state index contributed by atoms with van der Waals surface area (Å²) in [5.74, 6) is 0.845. The third kappa shape index (κ3) is 5.53. The number of hydrogen-bond acceptors (Lipinski definition) is 5. The molecule has 0 heterocycles. The van der Waals surface area contributed by atoms with Crippen LogP contribution in [-0.4, -0.2) is 26.7 Å². The van der Waals surface area contributed by atoms with E-state index in [0.717, 1.165) is 5.56 Å². The van der Waals surface area contributed by atoms with Crippen molar-refractivity contribution in [2.45, 2.75) is 6.92 Å². The highest BCUT2D eigenvalue weighted by Crippen LogP contribution is 2.32. The van der Waals surface area contributed by atoms with E-state index in [9.17, 15) is 10.1 Å². The fourth-order valence-corrected chi connectivity index (χ4v) is 2.63. The summed E-state index contributed by atoms with van der Waals surface area (Å²) in [5.41, 5.74) is 1.72. The molecule has 0 bridgehead atoms. The van der Waals surface area contributed by atoms with Gasteiger partial charge in [-0.25, -0.2) is 0 Å². The monoisotopic (exact) mass is 412 g/mol. The van der Waals surface area contributed by atoms with E-state index in [4.69, 9.17) is 25.8 Å². The first-order chi connectivity index (χ1) is 13.9. The molecule has 0 radical (unpaired) electrons. The molecule has 1 N–H and O–H groups in total. The lowest BCUT2D eigenvalue weighted by molar-refractivity contribution is -0.112. The molecule has 0 saturated carbocycles. The van der Waals surface area contributed by atoms with Crippen LogP contribution in [0.15, 0.2) is 48.6 Å². The number of aryl methyl sites for hydroxylation is 1. The molecule has 0 aromatic heterocycles. The molecule has 0 fully saturated rings. The van der Waals surface area contributed by atoms with E-state index < -0.39 is 5.91 Å². The third-order valence-corrected chi connectivity index (χ3v) is 4.36. The Balaban J connectivity index is 2.30. The lowest BCUT2D eigenvalue weighted by Crippen LogP contribution is -2.14. The molecule has 29 heavy (non-hydrogen) atoms. The number of carbonyl (C=O) groups is 1. The van der Waals surface area contributed by atoms with Gasteiger partial charge in [-0.15, -0.1) is 0 Å². The molecule has 2 rings (SSSR count). The summed E-state index contributed by atoms with van der Waals surface area (Å²) in [5, 5.41) is 12.7. The van der Waals surface area contributed by atoms with E-state index in [1.165, 1.54) is 20.3 Å². The normalized spacial score (nSPS) is 10.7. The predicted molar refractivity (Wildman–Crippen MR) is 114 cm³/mol. The topological polar surface area (TPSA) is 80.6 Å². The van der Waals surface area contributed by atoms with Crippen molar-refractivity contribution in [1.29, 1.82) is 5.26 Å². The average molecular weight is 413 g/mol. The molecule has 2 aromatic carbocycles. The number of nitrogens with zero attached hydrogens (tertiary/aromatic N) is 1. The number of ether oxygens (including phenoxy) is 3. The lowest BCUT2D eigenvalue weighted by atomic mass is 10.1. The number of rotatable bonds is 8. The van der Waals surface area contributed by atoms with E-state index in [1.54, 1.807) is 43.3 Å². The molecule has 0 aliphatic heterocycles. The maximum absolute atomic E-state index is 12.6. The van der Waals surface area contributed by atoms with Crippen molar-refractivity contribution in [2.75, 3.05) is 26.1 Å². The van der Waals surface area contributed by atoms with Crippen LogP contribution in [0.3, 0.4) is 0 Å². The van der Waals surface area contributed by atoms with Crippen LogP contribution in [0.25, 0.3) is 6.08 Å². The van der Waals surface area contributed by atoms with Crippen LogP contribution in [0.4, 0.5) is 5.69 Å². The van der Waals surface area contributed by atoms with Crippen molar-refractivity contribution in [1.82, 2.24) is 0 Å². The fraction of sp³-hybridized carbons (Fsp3) is 0.182. The predicted octanol–water partition coefficient (Wildman–Crippen LogP) is 4.78. The highest BCUT2D eigenvalue weighted by Gasteiger charge is 2.15. The second-order valence-electron chi connectivity index (χ2n) is 5.94. The van der Waals surface area contributed by atoms with Gasteiger partial charge in [-0.1, -0.05) is 30.3 Å². The van der Waals surface area contributed by atoms with Gasteiger partial charge in [-0.2, -0.15) is 5.26 Å². The molecule has 0 aliphatic rings. The van der Waals surface area contributed by atoms with Crippen LogP contribution in [-0.2, 0) is 4.79 Å². The van der Waals surface area contributed by atoms with Gasteiger partial charge in [0.05, 0.1) is 19.9 Å². The Labute approximate surface area is 175 Å². The molecule has 1 amide bonds. The number of nitriles is 1. The van der Waals surface area contributed by atoms with Gasteiger partial charge in [0.25, 0.3) is 5.91 Å². The van der Waals surface area contributed by atoms with Gasteiger partial charge >= 0.3 is 0 Å². The molecule has 7 heteroatoms. The number of benzene rings is 2. The zero-order valence-electron chi connectivity index (χ0n) is 16.4. The Morgan fingerprint density at radius 2 is 1.93 bits per heavy atom. The smallest absolute Gasteiger partial charge is 0.266 e. The van der Waals surface area contributed by atoms with E-state index in [1.807, 2.05) is 6.07 Å². The SMILES string of the molecule is C=CCOc1ccc(/C=C(\C#N)C(=O)Nc2cc(C)c(Cl)cc2OC)cc1OC. The number of carbonyl (C=O) groups excluding carboxylic acids is 1. The summed E-state index contributed by atoms with van der Waals surface area (Å²) in [6.07, 6.45) is 3.09. The number of hydrogen-bond donors (Lipinski definition) is 1. The first kappa shape index (κ1) is 21.9. The minimum absolute atomic E-state index is 0.0820. The second kappa shape index (κ2) is 10.2. The third-order valence-electron chi connectivity index (χ3n) is 3.95. The van der Waals surface area contributed by atoms with Crippen molar-refractivity contribution in [3.05, 3.63) is 64.7 Å². The van der Waals surface area contributed by atoms with Gasteiger partial charge in [0.1, 0.15) is 24.0 Å². The molecule has 0 aliphatic carbocycles. The summed E-state index contributed by atoms with van der Waals surface area (Å²) in [7, 11) is 2.98. The molecular weight excluding hydrogens is 392 g/mol. The summed E-state index contributed by atoms with van der Waals surface area (Å²) in [6, 6.07) is 10.3. The van der Waals surface area contributed by atoms with Crippen LogP contribution in [0.1, 0.15) is 11.1 Å². The standard InChI is InChI=1S/C22H21ClN2O4/c1-5-8-29-19-7-6-15(11-21(19)28-4)10-16(13-24)22(26)25-18-9-14(2)17(23)12-20(18)27-3/h5-7,9-12H,1,8H2,2-4H3,(H,25,26)/b16-10+. The summed E-state index contributed by atoms with van der Waals surface area (Å²) < 4.78 is 16.1. The minimum atomic E-state index is -0.571. The lowest BCUT2D eigenvalue weighted by Gasteiger charge is -2.12. The van der Waals surface area contributed by atoms with Crippen LogP contribution < -0.4 is 19.5 Å². The molecule has 2 aromatic rings. The van der Waals surface area contributed by atoms with Gasteiger partial charge in [-0.05, 0) is 42.3 Å². The highest BCUT2D eigenvalue weighted by molar-refractivity contribution is 6.31. The Bertz CT molecular complexity index is 993. The first-order valence-corrected chi connectivity index (χ1v) is 9.00. The van der Waals surface area contributed by atoms with Crippen molar-refractivity contribution in [2.24, 2.45) is 0 Å². The number of anilines is 1. The summed E-state index contributed by atoms with van der Waals surface area (Å²) in [4.78, 5) is 12.6. The number of halogens is 1. The van der Waals surface area contributed by atoms with Crippen molar-refractivity contribution >= 4 is 29.3 Å². The molecule has 0 saturated heterocycles. The van der Waals surface area contributed by atoms with Crippen LogP contribution in [0, 0.1) is 18.3 Å². The van der Waals surface area contributed by atoms with Crippen LogP contribution in [0.5, 0.6) is 17.2 Å². The van der Waals surface area contributed by atoms with E-state index in [2.05, 4.69) is 11.9 Å². The van der Waals surface area contributed by atoms with Crippen molar-refractivity contribution in [3.63, 3.8) is 0 Å². The van der Waals surface area contributed by atoms with E-state index >= 15 is 0 Å². The van der Waals surface area contributed by atoms with Gasteiger partial charge in [0, 0.05) is 11.1 Å². The molecule has 150 valence electrons. The second-order valence-corrected chi connectivity index (χ2v) is 6.34. The Kier molecular flexibility index (Phi) is 7.70. The van der Waals surface area contributed by atoms with Gasteiger partial charge in [0.2, 0.25) is 0 Å². The van der Waals surface area contributed by atoms with Gasteiger partial charge in [-0.3, -0.25) is 4.79 Å². The molecule has 6 nitrogen and oxygen atoms in total. The fourth-order valence-electron chi connectivity index (χ4n) is 2.48. The van der Waals surface area contributed by atoms with E-state index in [-0.39, 0.29) is 5.57 Å². The first-order valence-electron chi connectivity index (χ1n) is 8.62. The van der Waals surface area contributed by atoms with Crippen LogP contribution in [0.2, 0.25) is 5.02 Å². The zero-order chi connectivity index (χ0) is 21.4. The molecule has 0 spiro atoms. The zero-order valence-corrected chi connectivity index (χ0v) is 17.2. The Morgan fingerprint density at radius 1 is 1.21 bits per heavy atom. The molecule has 0 atom stereocenters. The van der Waals surface area contributed by atoms with Crippen molar-refractivity contribution < 1.29 is 19.0 Å². The van der Waals surface area contributed by atoms with E-state index in [0.29, 0.717) is 40.1 Å². The number of methoxy groups -OCH3 is 2. The number of nitrogens with one attached hydrogen (secondary N) is 1. The maximum Gasteiger partial charge on any atom is 0.266 e. The Morgan fingerprint density at radius 3 is 2.55 bits per heavy atom. The Hall–Kier alpha value is -3.43. The highest BCUT2D eigenvalue weighted by atomic mass is 35.5. The van der Waals surface area contributed by atoms with Crippen LogP contribution >= 0.6 is 11.6 Å². The van der Waals surface area contributed by atoms with Crippen molar-refractivity contribution in [3.8, 4) is 23.3 Å². The van der Waals surface area contributed by atoms with Gasteiger partial charge in [0.15, 0.2) is 11.5 Å². The quantitative estimate of drug-likeness (QED) is 0.383.